The fourth-order valence-corrected chi connectivity index (χ4v) is 11.3. The van der Waals surface area contributed by atoms with Crippen LogP contribution in [-0.4, -0.2) is 19.1 Å². The molecule has 3 aromatic heterocycles. The van der Waals surface area contributed by atoms with Crippen molar-refractivity contribution >= 4 is 87.0 Å². The average Bonchev–Trinajstić information content (AvgIpc) is 4.01. The zero-order valence-corrected chi connectivity index (χ0v) is 35.6. The second-order valence-electron chi connectivity index (χ2n) is 17.7. The Morgan fingerprint density at radius 1 is 0.273 bits per heavy atom. The molecule has 11 aromatic carbocycles. The normalized spacial score (nSPS) is 12.2. The minimum atomic E-state index is 0.871. The van der Waals surface area contributed by atoms with Gasteiger partial charge in [0.1, 0.15) is 0 Å². The van der Waals surface area contributed by atoms with E-state index in [4.69, 9.17) is 9.97 Å². The fourth-order valence-electron chi connectivity index (χ4n) is 11.3. The Labute approximate surface area is 378 Å². The lowest BCUT2D eigenvalue weighted by Gasteiger charge is -2.15. The van der Waals surface area contributed by atoms with Crippen molar-refractivity contribution in [1.29, 1.82) is 0 Å². The molecule has 0 fully saturated rings. The highest BCUT2D eigenvalue weighted by Gasteiger charge is 2.25. The van der Waals surface area contributed by atoms with Gasteiger partial charge in [0.05, 0.1) is 44.5 Å². The largest absolute Gasteiger partial charge is 0.309 e. The zero-order chi connectivity index (χ0) is 43.0. The quantitative estimate of drug-likeness (QED) is 0.177. The van der Waals surface area contributed by atoms with Crippen molar-refractivity contribution in [2.45, 2.75) is 0 Å². The van der Waals surface area contributed by atoms with Crippen molar-refractivity contribution in [3.8, 4) is 56.1 Å². The van der Waals surface area contributed by atoms with Crippen molar-refractivity contribution in [1.82, 2.24) is 19.1 Å². The van der Waals surface area contributed by atoms with Crippen LogP contribution in [0.3, 0.4) is 0 Å². The third-order valence-electron chi connectivity index (χ3n) is 14.2. The molecule has 0 bridgehead atoms. The molecule has 4 nitrogen and oxygen atoms in total. The number of benzene rings is 11. The van der Waals surface area contributed by atoms with Gasteiger partial charge in [0.15, 0.2) is 0 Å². The summed E-state index contributed by atoms with van der Waals surface area (Å²) in [6, 6.07) is 79.6. The number of fused-ring (bicyclic) bond motifs is 13. The van der Waals surface area contributed by atoms with Gasteiger partial charge in [-0.05, 0) is 121 Å². The van der Waals surface area contributed by atoms with Crippen LogP contribution in [-0.2, 0) is 0 Å². The molecule has 15 rings (SSSR count). The maximum Gasteiger partial charge on any atom is 0.0979 e. The number of hydrogen-bond acceptors (Lipinski definition) is 2. The topological polar surface area (TPSA) is 35.6 Å². The molecular formula is C62H36N4. The molecule has 0 atom stereocenters. The Bertz CT molecular complexity index is 4370. The summed E-state index contributed by atoms with van der Waals surface area (Å²) in [7, 11) is 0. The molecule has 1 aliphatic carbocycles. The Morgan fingerprint density at radius 2 is 0.864 bits per heavy atom. The zero-order valence-electron chi connectivity index (χ0n) is 35.6. The van der Waals surface area contributed by atoms with E-state index in [0.29, 0.717) is 0 Å². The van der Waals surface area contributed by atoms with Gasteiger partial charge in [-0.3, -0.25) is 0 Å². The lowest BCUT2D eigenvalue weighted by atomic mass is 9.94. The van der Waals surface area contributed by atoms with Crippen molar-refractivity contribution in [3.05, 3.63) is 218 Å². The minimum absolute atomic E-state index is 0.871. The molecule has 0 N–H and O–H groups in total. The minimum Gasteiger partial charge on any atom is -0.309 e. The van der Waals surface area contributed by atoms with Gasteiger partial charge < -0.3 is 9.13 Å². The standard InChI is InChI=1S/C62H36N4/c1-2-13-43-37(12-1)27-33-57-60(43)51-17-6-10-23-56(51)66(57)42-30-26-39-35-52-46-16-5-9-22-55(46)65(58(52)36-40(39)34-42)41-28-24-38(25-29-41)61-62(64-54-21-8-7-20-53(54)63-61)50-32-31-49-45-15-4-3-14-44(45)47-18-11-19-48(50)59(47)49/h1-36H. The first kappa shape index (κ1) is 35.6. The maximum absolute atomic E-state index is 5.39. The van der Waals surface area contributed by atoms with Crippen LogP contribution in [0.15, 0.2) is 218 Å². The van der Waals surface area contributed by atoms with Crippen molar-refractivity contribution in [2.24, 2.45) is 0 Å². The van der Waals surface area contributed by atoms with E-state index in [0.717, 1.165) is 44.9 Å². The molecule has 0 amide bonds. The predicted octanol–water partition coefficient (Wildman–Crippen LogP) is 16.3. The molecule has 0 saturated heterocycles. The van der Waals surface area contributed by atoms with Crippen LogP contribution in [0.4, 0.5) is 0 Å². The van der Waals surface area contributed by atoms with Gasteiger partial charge in [-0.15, -0.1) is 0 Å². The molecule has 66 heavy (non-hydrogen) atoms. The second-order valence-corrected chi connectivity index (χ2v) is 17.7. The molecule has 0 saturated carbocycles. The van der Waals surface area contributed by atoms with Gasteiger partial charge in [-0.25, -0.2) is 9.97 Å². The second kappa shape index (κ2) is 13.3. The van der Waals surface area contributed by atoms with Crippen LogP contribution >= 0.6 is 0 Å². The third kappa shape index (κ3) is 4.93. The summed E-state index contributed by atoms with van der Waals surface area (Å²) in [6.07, 6.45) is 0. The number of hydrogen-bond donors (Lipinski definition) is 0. The molecule has 0 aliphatic heterocycles. The Morgan fingerprint density at radius 3 is 1.68 bits per heavy atom. The first-order valence-corrected chi connectivity index (χ1v) is 22.7. The summed E-state index contributed by atoms with van der Waals surface area (Å²) < 4.78 is 4.85. The summed E-state index contributed by atoms with van der Waals surface area (Å²) >= 11 is 0. The van der Waals surface area contributed by atoms with E-state index in [1.807, 2.05) is 12.1 Å². The lowest BCUT2D eigenvalue weighted by molar-refractivity contribution is 1.18. The fraction of sp³-hybridized carbons (Fsp3) is 0. The van der Waals surface area contributed by atoms with Crippen LogP contribution in [0.2, 0.25) is 0 Å². The molecule has 14 aromatic rings. The van der Waals surface area contributed by atoms with Crippen molar-refractivity contribution in [2.75, 3.05) is 0 Å². The summed E-state index contributed by atoms with van der Waals surface area (Å²) in [5, 5.41) is 12.4. The van der Waals surface area contributed by atoms with Crippen LogP contribution in [0, 0.1) is 0 Å². The molecule has 4 heteroatoms. The van der Waals surface area contributed by atoms with Gasteiger partial charge in [-0.2, -0.15) is 0 Å². The predicted molar refractivity (Wildman–Crippen MR) is 276 cm³/mol. The Hall–Kier alpha value is -8.86. The smallest absolute Gasteiger partial charge is 0.0979 e. The molecule has 0 spiro atoms. The van der Waals surface area contributed by atoms with E-state index in [-0.39, 0.29) is 0 Å². The number of para-hydroxylation sites is 4. The molecule has 0 radical (unpaired) electrons. The number of rotatable bonds is 4. The monoisotopic (exact) mass is 836 g/mol. The highest BCUT2D eigenvalue weighted by molar-refractivity contribution is 6.22. The van der Waals surface area contributed by atoms with Gasteiger partial charge >= 0.3 is 0 Å². The average molecular weight is 837 g/mol. The number of aromatic nitrogens is 4. The molecule has 304 valence electrons. The highest BCUT2D eigenvalue weighted by Crippen LogP contribution is 2.50. The van der Waals surface area contributed by atoms with E-state index >= 15 is 0 Å². The summed E-state index contributed by atoms with van der Waals surface area (Å²) in [4.78, 5) is 10.8. The molecule has 3 heterocycles. The van der Waals surface area contributed by atoms with Gasteiger partial charge in [0.25, 0.3) is 0 Å². The van der Waals surface area contributed by atoms with Crippen LogP contribution in [0.25, 0.3) is 143 Å². The molecular weight excluding hydrogens is 801 g/mol. The van der Waals surface area contributed by atoms with Gasteiger partial charge in [-0.1, -0.05) is 152 Å². The number of nitrogens with zero attached hydrogens (tertiary/aromatic N) is 4. The Kier molecular flexibility index (Phi) is 7.19. The maximum atomic E-state index is 5.39. The summed E-state index contributed by atoms with van der Waals surface area (Å²) in [6.45, 7) is 0. The SMILES string of the molecule is c1ccc2c(c1)-c1cccc3c(-c4nc5ccccc5nc4-c4ccc(-n5c6ccccc6c6cc7ccc(-n8c9ccccc9c9c%10ccccc%10ccc98)cc7cc65)cc4)ccc-2c13. The highest BCUT2D eigenvalue weighted by atomic mass is 15.0. The lowest BCUT2D eigenvalue weighted by Crippen LogP contribution is -1.98. The van der Waals surface area contributed by atoms with Crippen molar-refractivity contribution in [3.63, 3.8) is 0 Å². The Balaban J connectivity index is 0.898. The van der Waals surface area contributed by atoms with Crippen LogP contribution in [0.5, 0.6) is 0 Å². The van der Waals surface area contributed by atoms with Crippen molar-refractivity contribution < 1.29 is 0 Å². The van der Waals surface area contributed by atoms with E-state index < -0.39 is 0 Å². The summed E-state index contributed by atoms with van der Waals surface area (Å²) in [5.41, 5.74) is 17.7. The van der Waals surface area contributed by atoms with Crippen LogP contribution < -0.4 is 0 Å². The third-order valence-corrected chi connectivity index (χ3v) is 14.2. The van der Waals surface area contributed by atoms with E-state index in [1.54, 1.807) is 0 Å². The van der Waals surface area contributed by atoms with Gasteiger partial charge in [0, 0.05) is 44.0 Å². The van der Waals surface area contributed by atoms with Crippen LogP contribution in [0.1, 0.15) is 0 Å². The molecule has 0 unspecified atom stereocenters. The first-order valence-electron chi connectivity index (χ1n) is 22.7. The van der Waals surface area contributed by atoms with E-state index in [9.17, 15) is 0 Å². The molecule has 1 aliphatic rings. The van der Waals surface area contributed by atoms with Gasteiger partial charge in [0.2, 0.25) is 0 Å². The van der Waals surface area contributed by atoms with E-state index in [2.05, 4.69) is 215 Å². The summed E-state index contributed by atoms with van der Waals surface area (Å²) in [5.74, 6) is 0. The van der Waals surface area contributed by atoms with E-state index in [1.165, 1.54) is 98.2 Å². The first-order chi connectivity index (χ1) is 32.7.